The number of hydrogen-bond donors (Lipinski definition) is 1. The van der Waals surface area contributed by atoms with Crippen molar-refractivity contribution in [2.75, 3.05) is 6.61 Å². The Morgan fingerprint density at radius 3 is 2.14 bits per heavy atom. The van der Waals surface area contributed by atoms with Gasteiger partial charge in [-0.1, -0.05) is 33.1 Å². The quantitative estimate of drug-likeness (QED) is 0.756. The van der Waals surface area contributed by atoms with Gasteiger partial charge in [0.15, 0.2) is 0 Å². The first-order chi connectivity index (χ1) is 6.57. The first-order valence-corrected chi connectivity index (χ1v) is 5.89. The zero-order chi connectivity index (χ0) is 10.6. The van der Waals surface area contributed by atoms with Crippen LogP contribution in [0.3, 0.4) is 0 Å². The number of rotatable bonds is 4. The van der Waals surface area contributed by atoms with E-state index in [1.165, 1.54) is 19.3 Å². The van der Waals surface area contributed by atoms with Gasteiger partial charge in [0.1, 0.15) is 0 Å². The van der Waals surface area contributed by atoms with Crippen LogP contribution in [0.25, 0.3) is 0 Å². The van der Waals surface area contributed by atoms with Crippen molar-refractivity contribution in [1.29, 1.82) is 0 Å². The zero-order valence-corrected chi connectivity index (χ0v) is 9.75. The summed E-state index contributed by atoms with van der Waals surface area (Å²) in [6.07, 6.45) is 5.88. The molecule has 1 N–H and O–H groups in total. The lowest BCUT2D eigenvalue weighted by atomic mass is 9.77. The first kappa shape index (κ1) is 12.0. The Hall–Kier alpha value is -0.0800. The fourth-order valence-corrected chi connectivity index (χ4v) is 2.33. The van der Waals surface area contributed by atoms with Crippen molar-refractivity contribution in [3.63, 3.8) is 0 Å². The van der Waals surface area contributed by atoms with E-state index in [0.29, 0.717) is 12.5 Å². The summed E-state index contributed by atoms with van der Waals surface area (Å²) in [5, 5.41) is 9.25. The third-order valence-electron chi connectivity index (χ3n) is 3.36. The Morgan fingerprint density at radius 1 is 1.14 bits per heavy atom. The lowest BCUT2D eigenvalue weighted by Gasteiger charge is -2.41. The van der Waals surface area contributed by atoms with Crippen molar-refractivity contribution in [2.24, 2.45) is 5.92 Å². The molecule has 0 aliphatic heterocycles. The topological polar surface area (TPSA) is 29.5 Å². The molecule has 0 heterocycles. The van der Waals surface area contributed by atoms with Gasteiger partial charge in [-0.15, -0.1) is 0 Å². The van der Waals surface area contributed by atoms with Gasteiger partial charge in [-0.2, -0.15) is 0 Å². The van der Waals surface area contributed by atoms with E-state index in [4.69, 9.17) is 4.74 Å². The molecule has 14 heavy (non-hydrogen) atoms. The van der Waals surface area contributed by atoms with E-state index in [1.807, 2.05) is 0 Å². The molecule has 0 saturated heterocycles. The van der Waals surface area contributed by atoms with Crippen molar-refractivity contribution in [3.8, 4) is 0 Å². The van der Waals surface area contributed by atoms with Crippen molar-refractivity contribution in [2.45, 2.75) is 64.6 Å². The summed E-state index contributed by atoms with van der Waals surface area (Å²) in [4.78, 5) is 0. The predicted octanol–water partition coefficient (Wildman–Crippen LogP) is 2.74. The normalized spacial score (nSPS) is 23.8. The maximum absolute atomic E-state index is 9.25. The average molecular weight is 200 g/mol. The summed E-state index contributed by atoms with van der Waals surface area (Å²) < 4.78 is 5.94. The molecule has 2 heteroatoms. The predicted molar refractivity (Wildman–Crippen MR) is 58.3 cm³/mol. The molecule has 0 aromatic rings. The zero-order valence-electron chi connectivity index (χ0n) is 9.75. The maximum atomic E-state index is 9.25. The molecular formula is C12H24O2. The molecule has 1 aliphatic carbocycles. The van der Waals surface area contributed by atoms with Crippen LogP contribution in [0.5, 0.6) is 0 Å². The summed E-state index contributed by atoms with van der Waals surface area (Å²) in [5.41, 5.74) is 0.0508. The second-order valence-electron chi connectivity index (χ2n) is 4.94. The number of hydrogen-bond acceptors (Lipinski definition) is 2. The largest absolute Gasteiger partial charge is 0.391 e. The molecule has 0 amide bonds. The highest BCUT2D eigenvalue weighted by Gasteiger charge is 2.36. The molecule has 0 bridgehead atoms. The summed E-state index contributed by atoms with van der Waals surface area (Å²) in [5.74, 6) is 0.557. The molecule has 2 nitrogen and oxygen atoms in total. The van der Waals surface area contributed by atoms with Crippen LogP contribution in [0, 0.1) is 5.92 Å². The summed E-state index contributed by atoms with van der Waals surface area (Å²) in [6, 6.07) is 0. The lowest BCUT2D eigenvalue weighted by Crippen LogP contribution is -2.42. The second-order valence-corrected chi connectivity index (χ2v) is 4.94. The molecule has 0 aromatic heterocycles. The average Bonchev–Trinajstić information content (AvgIpc) is 2.16. The van der Waals surface area contributed by atoms with Gasteiger partial charge in [-0.05, 0) is 25.7 Å². The Labute approximate surface area is 87.7 Å². The van der Waals surface area contributed by atoms with Gasteiger partial charge in [0.05, 0.1) is 18.3 Å². The van der Waals surface area contributed by atoms with E-state index >= 15 is 0 Å². The maximum Gasteiger partial charge on any atom is 0.0745 e. The van der Waals surface area contributed by atoms with E-state index in [0.717, 1.165) is 12.8 Å². The minimum absolute atomic E-state index is 0.0508. The highest BCUT2D eigenvalue weighted by molar-refractivity contribution is 4.87. The molecule has 1 aliphatic rings. The minimum Gasteiger partial charge on any atom is -0.391 e. The van der Waals surface area contributed by atoms with Crippen LogP contribution in [0.15, 0.2) is 0 Å². The molecule has 1 unspecified atom stereocenters. The Kier molecular flexibility index (Phi) is 4.39. The Balaban J connectivity index is 2.52. The van der Waals surface area contributed by atoms with Crippen LogP contribution in [0.1, 0.15) is 52.9 Å². The van der Waals surface area contributed by atoms with Crippen LogP contribution >= 0.6 is 0 Å². The molecule has 1 fully saturated rings. The number of aliphatic hydroxyl groups is 1. The molecule has 0 aromatic carbocycles. The monoisotopic (exact) mass is 200 g/mol. The van der Waals surface area contributed by atoms with E-state index in [-0.39, 0.29) is 11.7 Å². The summed E-state index contributed by atoms with van der Waals surface area (Å²) in [7, 11) is 0. The second kappa shape index (κ2) is 5.13. The van der Waals surface area contributed by atoms with Gasteiger partial charge < -0.3 is 9.84 Å². The fraction of sp³-hybridized carbons (Fsp3) is 1.00. The van der Waals surface area contributed by atoms with Crippen LogP contribution < -0.4 is 0 Å². The standard InChI is InChI=1S/C12H24O2/c1-10(2)12(14-9-11(3)13)7-5-4-6-8-12/h10-11,13H,4-9H2,1-3H3. The molecule has 1 atom stereocenters. The van der Waals surface area contributed by atoms with Crippen LogP contribution in [0.2, 0.25) is 0 Å². The highest BCUT2D eigenvalue weighted by atomic mass is 16.5. The van der Waals surface area contributed by atoms with Crippen molar-refractivity contribution in [3.05, 3.63) is 0 Å². The van der Waals surface area contributed by atoms with Crippen molar-refractivity contribution in [1.82, 2.24) is 0 Å². The number of ether oxygens (including phenoxy) is 1. The third-order valence-corrected chi connectivity index (χ3v) is 3.36. The van der Waals surface area contributed by atoms with E-state index in [1.54, 1.807) is 6.92 Å². The van der Waals surface area contributed by atoms with E-state index < -0.39 is 0 Å². The number of aliphatic hydroxyl groups excluding tert-OH is 1. The van der Waals surface area contributed by atoms with Crippen LogP contribution in [-0.2, 0) is 4.74 Å². The lowest BCUT2D eigenvalue weighted by molar-refractivity contribution is -0.122. The molecule has 84 valence electrons. The Morgan fingerprint density at radius 2 is 1.71 bits per heavy atom. The van der Waals surface area contributed by atoms with Gasteiger partial charge in [0.25, 0.3) is 0 Å². The molecule has 0 spiro atoms. The van der Waals surface area contributed by atoms with Gasteiger partial charge >= 0.3 is 0 Å². The van der Waals surface area contributed by atoms with Gasteiger partial charge in [-0.25, -0.2) is 0 Å². The van der Waals surface area contributed by atoms with Crippen LogP contribution in [-0.4, -0.2) is 23.4 Å². The molecule has 0 radical (unpaired) electrons. The SMILES string of the molecule is CC(O)COC1(C(C)C)CCCCC1. The summed E-state index contributed by atoms with van der Waals surface area (Å²) >= 11 is 0. The fourth-order valence-electron chi connectivity index (χ4n) is 2.33. The molecule has 1 rings (SSSR count). The van der Waals surface area contributed by atoms with Crippen molar-refractivity contribution >= 4 is 0 Å². The van der Waals surface area contributed by atoms with Gasteiger partial charge in [-0.3, -0.25) is 0 Å². The van der Waals surface area contributed by atoms with Crippen LogP contribution in [0.4, 0.5) is 0 Å². The van der Waals surface area contributed by atoms with Gasteiger partial charge in [0.2, 0.25) is 0 Å². The molecular weight excluding hydrogens is 176 g/mol. The Bertz CT molecular complexity index is 158. The third kappa shape index (κ3) is 2.96. The van der Waals surface area contributed by atoms with Gasteiger partial charge in [0, 0.05) is 0 Å². The van der Waals surface area contributed by atoms with E-state index in [2.05, 4.69) is 13.8 Å². The highest BCUT2D eigenvalue weighted by Crippen LogP contribution is 2.37. The van der Waals surface area contributed by atoms with E-state index in [9.17, 15) is 5.11 Å². The first-order valence-electron chi connectivity index (χ1n) is 5.89. The minimum atomic E-state index is -0.340. The smallest absolute Gasteiger partial charge is 0.0745 e. The van der Waals surface area contributed by atoms with Crippen molar-refractivity contribution < 1.29 is 9.84 Å². The molecule has 1 saturated carbocycles. The summed E-state index contributed by atoms with van der Waals surface area (Å²) in [6.45, 7) is 6.73.